The van der Waals surface area contributed by atoms with Crippen molar-refractivity contribution in [3.05, 3.63) is 65.9 Å². The highest BCUT2D eigenvalue weighted by Crippen LogP contribution is 2.19. The van der Waals surface area contributed by atoms with Crippen LogP contribution >= 0.6 is 0 Å². The number of amides is 4. The van der Waals surface area contributed by atoms with Crippen LogP contribution in [0.5, 0.6) is 5.75 Å². The lowest BCUT2D eigenvalue weighted by atomic mass is 10.0. The molecule has 3 aromatic rings. The van der Waals surface area contributed by atoms with Gasteiger partial charge in [0.1, 0.15) is 23.9 Å². The van der Waals surface area contributed by atoms with Crippen LogP contribution in [0.25, 0.3) is 10.9 Å². The third-order valence-electron chi connectivity index (χ3n) is 6.76. The van der Waals surface area contributed by atoms with Crippen molar-refractivity contribution in [2.75, 3.05) is 0 Å². The molecule has 1 aromatic heterocycles. The van der Waals surface area contributed by atoms with Gasteiger partial charge in [-0.1, -0.05) is 30.3 Å². The number of hydrogen-bond acceptors (Lipinski definition) is 8. The van der Waals surface area contributed by atoms with Crippen LogP contribution in [0.3, 0.4) is 0 Å². The number of primary amides is 1. The zero-order valence-corrected chi connectivity index (χ0v) is 23.5. The van der Waals surface area contributed by atoms with Crippen molar-refractivity contribution in [2.24, 2.45) is 11.5 Å². The summed E-state index contributed by atoms with van der Waals surface area (Å²) in [6.07, 6.45) is 0.00219. The standard InChI is InChI=1S/C29H34N6O9/c30-19(12-16-14-32-20-4-2-1-3-18(16)20)26(40)34-22(11-15-5-7-17(36)8-6-15)27(41)35-23(13-24(31)37)28(42)33-21(29(43)44)9-10-25(38)39/h1-8,14,19,21-23,32,36H,9-13,30H2,(H2,31,37)(H,33,42)(H,34,40)(H,35,41)(H,38,39)(H,43,44). The molecule has 234 valence electrons. The van der Waals surface area contributed by atoms with Crippen LogP contribution in [0, 0.1) is 0 Å². The summed E-state index contributed by atoms with van der Waals surface area (Å²) in [6, 6.07) is 7.53. The zero-order valence-electron chi connectivity index (χ0n) is 23.5. The van der Waals surface area contributed by atoms with E-state index in [1.165, 1.54) is 24.3 Å². The second-order valence-corrected chi connectivity index (χ2v) is 10.2. The third-order valence-corrected chi connectivity index (χ3v) is 6.76. The van der Waals surface area contributed by atoms with Crippen LogP contribution in [0.1, 0.15) is 30.4 Å². The number of aliphatic carboxylic acids is 2. The lowest BCUT2D eigenvalue weighted by molar-refractivity contribution is -0.143. The number of phenols is 1. The molecule has 11 N–H and O–H groups in total. The second-order valence-electron chi connectivity index (χ2n) is 10.2. The van der Waals surface area contributed by atoms with Crippen LogP contribution in [0.4, 0.5) is 0 Å². The van der Waals surface area contributed by atoms with E-state index < -0.39 is 79.0 Å². The number of fused-ring (bicyclic) bond motifs is 1. The van der Waals surface area contributed by atoms with Crippen molar-refractivity contribution in [1.29, 1.82) is 0 Å². The number of aromatic hydroxyl groups is 1. The van der Waals surface area contributed by atoms with Crippen molar-refractivity contribution in [3.8, 4) is 5.75 Å². The first kappa shape index (κ1) is 33.1. The molecule has 0 bridgehead atoms. The minimum atomic E-state index is -1.65. The van der Waals surface area contributed by atoms with Gasteiger partial charge >= 0.3 is 11.9 Å². The average Bonchev–Trinajstić information content (AvgIpc) is 3.37. The van der Waals surface area contributed by atoms with Crippen molar-refractivity contribution < 1.29 is 44.1 Å². The van der Waals surface area contributed by atoms with Gasteiger partial charge in [-0.3, -0.25) is 24.0 Å². The Balaban J connectivity index is 1.79. The molecule has 0 aliphatic heterocycles. The lowest BCUT2D eigenvalue weighted by Crippen LogP contribution is -2.58. The van der Waals surface area contributed by atoms with Gasteiger partial charge in [-0.15, -0.1) is 0 Å². The number of para-hydroxylation sites is 1. The molecule has 4 unspecified atom stereocenters. The number of H-pyrrole nitrogens is 1. The first-order valence-electron chi connectivity index (χ1n) is 13.6. The minimum Gasteiger partial charge on any atom is -0.508 e. The zero-order chi connectivity index (χ0) is 32.4. The molecule has 0 radical (unpaired) electrons. The lowest BCUT2D eigenvalue weighted by Gasteiger charge is -2.25. The molecule has 0 spiro atoms. The van der Waals surface area contributed by atoms with E-state index in [2.05, 4.69) is 20.9 Å². The summed E-state index contributed by atoms with van der Waals surface area (Å²) in [5.41, 5.74) is 13.6. The highest BCUT2D eigenvalue weighted by molar-refractivity contribution is 5.96. The monoisotopic (exact) mass is 610 g/mol. The molecule has 3 rings (SSSR count). The van der Waals surface area contributed by atoms with E-state index in [1.807, 2.05) is 24.3 Å². The first-order chi connectivity index (χ1) is 20.8. The van der Waals surface area contributed by atoms with Crippen LogP contribution in [0.15, 0.2) is 54.7 Å². The molecular weight excluding hydrogens is 576 g/mol. The van der Waals surface area contributed by atoms with Crippen LogP contribution in [0.2, 0.25) is 0 Å². The van der Waals surface area contributed by atoms with E-state index in [1.54, 1.807) is 6.20 Å². The summed E-state index contributed by atoms with van der Waals surface area (Å²) < 4.78 is 0. The van der Waals surface area contributed by atoms with Crippen molar-refractivity contribution in [3.63, 3.8) is 0 Å². The maximum atomic E-state index is 13.4. The topological polar surface area (TPSA) is 267 Å². The van der Waals surface area contributed by atoms with E-state index >= 15 is 0 Å². The quantitative estimate of drug-likeness (QED) is 0.0980. The molecule has 15 nitrogen and oxygen atoms in total. The van der Waals surface area contributed by atoms with Gasteiger partial charge in [0.2, 0.25) is 23.6 Å². The van der Waals surface area contributed by atoms with Gasteiger partial charge in [0, 0.05) is 29.9 Å². The maximum absolute atomic E-state index is 13.4. The normalized spacial score (nSPS) is 13.7. The average molecular weight is 611 g/mol. The molecular formula is C29H34N6O9. The van der Waals surface area contributed by atoms with Gasteiger partial charge in [-0.2, -0.15) is 0 Å². The van der Waals surface area contributed by atoms with E-state index in [9.17, 15) is 39.0 Å². The number of aromatic nitrogens is 1. The number of phenolic OH excluding ortho intramolecular Hbond substituents is 1. The number of hydrogen-bond donors (Lipinski definition) is 9. The Morgan fingerprint density at radius 3 is 2.05 bits per heavy atom. The molecule has 0 aliphatic rings. The Hall–Kier alpha value is -5.44. The summed E-state index contributed by atoms with van der Waals surface area (Å²) in [5.74, 6) is -6.54. The minimum absolute atomic E-state index is 0.0337. The molecule has 0 fully saturated rings. The smallest absolute Gasteiger partial charge is 0.326 e. The van der Waals surface area contributed by atoms with E-state index in [4.69, 9.17) is 16.6 Å². The largest absolute Gasteiger partial charge is 0.508 e. The predicted octanol–water partition coefficient (Wildman–Crippen LogP) is -0.735. The molecule has 0 aliphatic carbocycles. The van der Waals surface area contributed by atoms with Crippen molar-refractivity contribution in [2.45, 2.75) is 56.3 Å². The van der Waals surface area contributed by atoms with Gasteiger partial charge in [-0.05, 0) is 42.2 Å². The van der Waals surface area contributed by atoms with Crippen LogP contribution in [-0.4, -0.2) is 80.0 Å². The van der Waals surface area contributed by atoms with E-state index in [0.717, 1.165) is 16.5 Å². The molecule has 4 amide bonds. The fourth-order valence-corrected chi connectivity index (χ4v) is 4.47. The Bertz CT molecular complexity index is 1520. The summed E-state index contributed by atoms with van der Waals surface area (Å²) in [5, 5.41) is 35.8. The Morgan fingerprint density at radius 2 is 1.41 bits per heavy atom. The SMILES string of the molecule is NC(=O)CC(NC(=O)C(Cc1ccc(O)cc1)NC(=O)C(N)Cc1c[nH]c2ccccc12)C(=O)NC(CCC(=O)O)C(=O)O. The summed E-state index contributed by atoms with van der Waals surface area (Å²) in [4.78, 5) is 76.8. The molecule has 44 heavy (non-hydrogen) atoms. The number of aromatic amines is 1. The van der Waals surface area contributed by atoms with E-state index in [-0.39, 0.29) is 18.6 Å². The number of benzene rings is 2. The number of nitrogens with two attached hydrogens (primary N) is 2. The number of carboxylic acids is 2. The van der Waals surface area contributed by atoms with Gasteiger partial charge in [0.05, 0.1) is 12.5 Å². The van der Waals surface area contributed by atoms with Gasteiger partial charge < -0.3 is 47.7 Å². The van der Waals surface area contributed by atoms with Gasteiger partial charge in [0.25, 0.3) is 0 Å². The maximum Gasteiger partial charge on any atom is 0.326 e. The second kappa shape index (κ2) is 15.2. The number of rotatable bonds is 16. The number of carbonyl (C=O) groups excluding carboxylic acids is 4. The number of carbonyl (C=O) groups is 6. The summed E-state index contributed by atoms with van der Waals surface area (Å²) in [7, 11) is 0. The first-order valence-corrected chi connectivity index (χ1v) is 13.6. The molecule has 0 saturated carbocycles. The van der Waals surface area contributed by atoms with Crippen LogP contribution < -0.4 is 27.4 Å². The molecule has 2 aromatic carbocycles. The van der Waals surface area contributed by atoms with Crippen LogP contribution in [-0.2, 0) is 41.6 Å². The molecule has 0 saturated heterocycles. The number of nitrogens with one attached hydrogen (secondary N) is 4. The number of carboxylic acid groups (broad SMARTS) is 2. The Kier molecular flexibility index (Phi) is 11.4. The highest BCUT2D eigenvalue weighted by Gasteiger charge is 2.32. The third kappa shape index (κ3) is 9.55. The fourth-order valence-electron chi connectivity index (χ4n) is 4.47. The predicted molar refractivity (Wildman–Crippen MR) is 156 cm³/mol. The Labute approximate surface area is 251 Å². The molecule has 4 atom stereocenters. The van der Waals surface area contributed by atoms with E-state index in [0.29, 0.717) is 5.56 Å². The van der Waals surface area contributed by atoms with Gasteiger partial charge in [0.15, 0.2) is 0 Å². The fraction of sp³-hybridized carbons (Fsp3) is 0.310. The highest BCUT2D eigenvalue weighted by atomic mass is 16.4. The summed E-state index contributed by atoms with van der Waals surface area (Å²) >= 11 is 0. The summed E-state index contributed by atoms with van der Waals surface area (Å²) in [6.45, 7) is 0. The van der Waals surface area contributed by atoms with Crippen molar-refractivity contribution in [1.82, 2.24) is 20.9 Å². The molecule has 1 heterocycles. The molecule has 15 heteroatoms. The van der Waals surface area contributed by atoms with Crippen molar-refractivity contribution >= 4 is 46.5 Å². The van der Waals surface area contributed by atoms with Gasteiger partial charge in [-0.25, -0.2) is 4.79 Å². The Morgan fingerprint density at radius 1 is 0.795 bits per heavy atom.